The second kappa shape index (κ2) is 7.47. The average Bonchev–Trinajstić information content (AvgIpc) is 3.33. The molecular weight excluding hydrogens is 332 g/mol. The number of hydrogen-bond acceptors (Lipinski definition) is 4. The largest absolute Gasteiger partial charge is 0.378 e. The third kappa shape index (κ3) is 3.59. The fraction of sp³-hybridized carbons (Fsp3) is 0.474. The van der Waals surface area contributed by atoms with Gasteiger partial charge in [0.05, 0.1) is 19.1 Å². The summed E-state index contributed by atoms with van der Waals surface area (Å²) in [5, 5.41) is 7.23. The topological polar surface area (TPSA) is 75.6 Å². The molecule has 1 aromatic heterocycles. The number of fused-ring (bicyclic) bond motifs is 1. The van der Waals surface area contributed by atoms with Crippen molar-refractivity contribution in [1.29, 1.82) is 0 Å². The van der Waals surface area contributed by atoms with E-state index in [1.807, 2.05) is 39.9 Å². The molecule has 4 rings (SSSR count). The minimum Gasteiger partial charge on any atom is -0.378 e. The molecule has 7 nitrogen and oxygen atoms in total. The maximum Gasteiger partial charge on any atom is 0.242 e. The summed E-state index contributed by atoms with van der Waals surface area (Å²) in [6.07, 6.45) is 2.81. The van der Waals surface area contributed by atoms with Crippen LogP contribution in [-0.4, -0.2) is 60.7 Å². The number of rotatable bonds is 4. The van der Waals surface area contributed by atoms with E-state index < -0.39 is 0 Å². The minimum atomic E-state index is 0.0430. The number of morpholine rings is 1. The van der Waals surface area contributed by atoms with Crippen LogP contribution >= 0.6 is 0 Å². The van der Waals surface area contributed by atoms with Crippen molar-refractivity contribution in [3.8, 4) is 0 Å². The highest BCUT2D eigenvalue weighted by atomic mass is 16.5. The molecule has 0 spiro atoms. The quantitative estimate of drug-likeness (QED) is 0.859. The van der Waals surface area contributed by atoms with Crippen molar-refractivity contribution >= 4 is 28.4 Å². The number of amides is 2. The van der Waals surface area contributed by atoms with Crippen molar-refractivity contribution in [3.05, 3.63) is 30.5 Å². The summed E-state index contributed by atoms with van der Waals surface area (Å²) >= 11 is 0. The first-order chi connectivity index (χ1) is 12.7. The lowest BCUT2D eigenvalue weighted by molar-refractivity contribution is -0.135. The van der Waals surface area contributed by atoms with E-state index in [1.54, 1.807) is 0 Å². The molecule has 2 aliphatic heterocycles. The standard InChI is InChI=1S/C19H24N4O3/c24-18(22-7-9-26-10-8-22)13-23-6-4-14-11-16(1-2-17(14)23)21-19(25)15-3-5-20-12-15/h1-2,4,6,11,15,20H,3,5,7-10,12-13H2,(H,21,25). The fourth-order valence-electron chi connectivity index (χ4n) is 3.60. The van der Waals surface area contributed by atoms with Crippen LogP contribution in [0.15, 0.2) is 30.5 Å². The number of aromatic nitrogens is 1. The van der Waals surface area contributed by atoms with Crippen LogP contribution in [-0.2, 0) is 20.9 Å². The summed E-state index contributed by atoms with van der Waals surface area (Å²) in [6, 6.07) is 7.81. The van der Waals surface area contributed by atoms with Gasteiger partial charge < -0.3 is 24.8 Å². The van der Waals surface area contributed by atoms with E-state index in [0.29, 0.717) is 32.8 Å². The molecule has 2 fully saturated rings. The summed E-state index contributed by atoms with van der Waals surface area (Å²) in [5.41, 5.74) is 1.79. The van der Waals surface area contributed by atoms with Crippen LogP contribution in [0, 0.1) is 5.92 Å². The molecule has 1 atom stereocenters. The zero-order valence-electron chi connectivity index (χ0n) is 14.7. The molecular formula is C19H24N4O3. The van der Waals surface area contributed by atoms with Crippen molar-refractivity contribution in [3.63, 3.8) is 0 Å². The Morgan fingerprint density at radius 3 is 2.85 bits per heavy atom. The van der Waals surface area contributed by atoms with Crippen LogP contribution in [0.5, 0.6) is 0 Å². The maximum atomic E-state index is 12.5. The Labute approximate surface area is 152 Å². The second-order valence-corrected chi connectivity index (χ2v) is 6.89. The Morgan fingerprint density at radius 1 is 1.23 bits per heavy atom. The predicted octanol–water partition coefficient (Wildman–Crippen LogP) is 1.05. The van der Waals surface area contributed by atoms with Gasteiger partial charge in [0.15, 0.2) is 0 Å². The molecule has 1 unspecified atom stereocenters. The number of carbonyl (C=O) groups excluding carboxylic acids is 2. The summed E-state index contributed by atoms with van der Waals surface area (Å²) in [5.74, 6) is 0.217. The number of hydrogen-bond donors (Lipinski definition) is 2. The molecule has 2 N–H and O–H groups in total. The molecule has 2 saturated heterocycles. The van der Waals surface area contributed by atoms with Crippen molar-refractivity contribution in [2.24, 2.45) is 5.92 Å². The predicted molar refractivity (Wildman–Crippen MR) is 98.9 cm³/mol. The molecule has 2 aliphatic rings. The van der Waals surface area contributed by atoms with E-state index in [2.05, 4.69) is 10.6 Å². The Balaban J connectivity index is 1.44. The van der Waals surface area contributed by atoms with E-state index in [4.69, 9.17) is 4.74 Å². The Hall–Kier alpha value is -2.38. The molecule has 26 heavy (non-hydrogen) atoms. The van der Waals surface area contributed by atoms with Gasteiger partial charge in [0.2, 0.25) is 11.8 Å². The lowest BCUT2D eigenvalue weighted by atomic mass is 10.1. The van der Waals surface area contributed by atoms with Crippen LogP contribution in [0.25, 0.3) is 10.9 Å². The van der Waals surface area contributed by atoms with Gasteiger partial charge in [-0.25, -0.2) is 0 Å². The third-order valence-corrected chi connectivity index (χ3v) is 5.14. The van der Waals surface area contributed by atoms with Crippen LogP contribution in [0.4, 0.5) is 5.69 Å². The van der Waals surface area contributed by atoms with Gasteiger partial charge in [-0.15, -0.1) is 0 Å². The van der Waals surface area contributed by atoms with Crippen LogP contribution in [0.2, 0.25) is 0 Å². The number of benzene rings is 1. The van der Waals surface area contributed by atoms with E-state index in [-0.39, 0.29) is 17.7 Å². The van der Waals surface area contributed by atoms with E-state index in [9.17, 15) is 9.59 Å². The maximum absolute atomic E-state index is 12.5. The van der Waals surface area contributed by atoms with Crippen molar-refractivity contribution in [2.75, 3.05) is 44.7 Å². The molecule has 0 bridgehead atoms. The summed E-state index contributed by atoms with van der Waals surface area (Å²) < 4.78 is 7.26. The van der Waals surface area contributed by atoms with Gasteiger partial charge in [0, 0.05) is 42.4 Å². The summed E-state index contributed by atoms with van der Waals surface area (Å²) in [4.78, 5) is 26.6. The zero-order chi connectivity index (χ0) is 17.9. The fourth-order valence-corrected chi connectivity index (χ4v) is 3.60. The van der Waals surface area contributed by atoms with E-state index in [1.165, 1.54) is 0 Å². The Kier molecular flexibility index (Phi) is 4.90. The lowest BCUT2D eigenvalue weighted by Gasteiger charge is -2.27. The van der Waals surface area contributed by atoms with Crippen molar-refractivity contribution in [1.82, 2.24) is 14.8 Å². The van der Waals surface area contributed by atoms with E-state index >= 15 is 0 Å². The molecule has 0 saturated carbocycles. The number of anilines is 1. The molecule has 2 amide bonds. The van der Waals surface area contributed by atoms with Gasteiger partial charge in [-0.3, -0.25) is 9.59 Å². The van der Waals surface area contributed by atoms with Gasteiger partial charge in [0.25, 0.3) is 0 Å². The highest BCUT2D eigenvalue weighted by Crippen LogP contribution is 2.22. The normalized spacial score (nSPS) is 20.5. The van der Waals surface area contributed by atoms with Crippen LogP contribution in [0.3, 0.4) is 0 Å². The first-order valence-electron chi connectivity index (χ1n) is 9.17. The van der Waals surface area contributed by atoms with Gasteiger partial charge >= 0.3 is 0 Å². The summed E-state index contributed by atoms with van der Waals surface area (Å²) in [6.45, 7) is 4.50. The molecule has 3 heterocycles. The van der Waals surface area contributed by atoms with Crippen LogP contribution in [0.1, 0.15) is 6.42 Å². The lowest BCUT2D eigenvalue weighted by Crippen LogP contribution is -2.42. The number of nitrogens with one attached hydrogen (secondary N) is 2. The zero-order valence-corrected chi connectivity index (χ0v) is 14.7. The number of carbonyl (C=O) groups is 2. The SMILES string of the molecule is O=C(Nc1ccc2c(ccn2CC(=O)N2CCOCC2)c1)C1CCNC1. The van der Waals surface area contributed by atoms with Gasteiger partial charge in [0.1, 0.15) is 6.54 Å². The molecule has 1 aromatic carbocycles. The molecule has 138 valence electrons. The smallest absolute Gasteiger partial charge is 0.242 e. The second-order valence-electron chi connectivity index (χ2n) is 6.89. The minimum absolute atomic E-state index is 0.0430. The monoisotopic (exact) mass is 356 g/mol. The van der Waals surface area contributed by atoms with Gasteiger partial charge in [-0.2, -0.15) is 0 Å². The first-order valence-corrected chi connectivity index (χ1v) is 9.17. The van der Waals surface area contributed by atoms with Crippen molar-refractivity contribution < 1.29 is 14.3 Å². The Morgan fingerprint density at radius 2 is 2.08 bits per heavy atom. The summed E-state index contributed by atoms with van der Waals surface area (Å²) in [7, 11) is 0. The van der Waals surface area contributed by atoms with Crippen LogP contribution < -0.4 is 10.6 Å². The molecule has 0 aliphatic carbocycles. The van der Waals surface area contributed by atoms with Gasteiger partial charge in [-0.1, -0.05) is 0 Å². The van der Waals surface area contributed by atoms with Crippen molar-refractivity contribution in [2.45, 2.75) is 13.0 Å². The number of nitrogens with zero attached hydrogens (tertiary/aromatic N) is 2. The molecule has 0 radical (unpaired) electrons. The van der Waals surface area contributed by atoms with Gasteiger partial charge in [-0.05, 0) is 37.2 Å². The van der Waals surface area contributed by atoms with E-state index in [0.717, 1.165) is 36.1 Å². The molecule has 7 heteroatoms. The molecule has 2 aromatic rings. The first kappa shape index (κ1) is 17.1. The highest BCUT2D eigenvalue weighted by molar-refractivity contribution is 5.95. The highest BCUT2D eigenvalue weighted by Gasteiger charge is 2.22. The third-order valence-electron chi connectivity index (χ3n) is 5.14. The Bertz CT molecular complexity index is 804. The number of ether oxygens (including phenoxy) is 1. The average molecular weight is 356 g/mol.